The SMILES string of the molecule is NC(=O)[C@H]1CC[C@H](n2c(Nc3c(F)cc(Cl)cc3F)nc3cnc(N[C@@H]4CCOC[C@H]4F)nc32)CC1. The largest absolute Gasteiger partial charge is 0.378 e. The fraction of sp³-hybridized carbons (Fsp3) is 0.478. The molecule has 4 N–H and O–H groups in total. The Labute approximate surface area is 209 Å². The van der Waals surface area contributed by atoms with Crippen LogP contribution in [0.15, 0.2) is 18.3 Å². The van der Waals surface area contributed by atoms with Crippen molar-refractivity contribution in [1.29, 1.82) is 0 Å². The zero-order valence-electron chi connectivity index (χ0n) is 19.2. The molecule has 5 rings (SSSR count). The van der Waals surface area contributed by atoms with Gasteiger partial charge in [-0.3, -0.25) is 9.36 Å². The van der Waals surface area contributed by atoms with Crippen molar-refractivity contribution in [1.82, 2.24) is 19.5 Å². The van der Waals surface area contributed by atoms with Crippen LogP contribution >= 0.6 is 11.6 Å². The number of hydrogen-bond acceptors (Lipinski definition) is 7. The number of imidazole rings is 1. The van der Waals surface area contributed by atoms with Crippen molar-refractivity contribution in [3.63, 3.8) is 0 Å². The summed E-state index contributed by atoms with van der Waals surface area (Å²) in [5.41, 5.74) is 5.88. The third kappa shape index (κ3) is 4.92. The average Bonchev–Trinajstić information content (AvgIpc) is 3.20. The minimum absolute atomic E-state index is 0.00671. The number of carbonyl (C=O) groups is 1. The van der Waals surface area contributed by atoms with Gasteiger partial charge < -0.3 is 21.1 Å². The van der Waals surface area contributed by atoms with Gasteiger partial charge in [0.2, 0.25) is 17.8 Å². The molecule has 0 unspecified atom stereocenters. The van der Waals surface area contributed by atoms with Crippen molar-refractivity contribution in [2.75, 3.05) is 23.8 Å². The number of aromatic nitrogens is 4. The van der Waals surface area contributed by atoms with E-state index in [1.54, 1.807) is 4.57 Å². The first-order valence-corrected chi connectivity index (χ1v) is 12.1. The molecule has 2 aliphatic rings. The number of nitrogens with zero attached hydrogens (tertiary/aromatic N) is 4. The first-order valence-electron chi connectivity index (χ1n) is 11.7. The summed E-state index contributed by atoms with van der Waals surface area (Å²) in [7, 11) is 0. The molecule has 1 aliphatic heterocycles. The number of ether oxygens (including phenoxy) is 1. The van der Waals surface area contributed by atoms with Crippen LogP contribution in [0, 0.1) is 17.6 Å². The normalized spacial score (nSPS) is 24.6. The van der Waals surface area contributed by atoms with Gasteiger partial charge in [-0.05, 0) is 44.2 Å². The number of amides is 1. The number of carbonyl (C=O) groups excluding carboxylic acids is 1. The van der Waals surface area contributed by atoms with Crippen molar-refractivity contribution in [2.24, 2.45) is 11.7 Å². The Morgan fingerprint density at radius 3 is 2.53 bits per heavy atom. The smallest absolute Gasteiger partial charge is 0.225 e. The summed E-state index contributed by atoms with van der Waals surface area (Å²) >= 11 is 5.76. The Balaban J connectivity index is 1.53. The lowest BCUT2D eigenvalue weighted by molar-refractivity contribution is -0.122. The minimum Gasteiger partial charge on any atom is -0.378 e. The van der Waals surface area contributed by atoms with Crippen molar-refractivity contribution in [3.05, 3.63) is 35.0 Å². The third-order valence-electron chi connectivity index (χ3n) is 6.74. The van der Waals surface area contributed by atoms with Gasteiger partial charge in [0.05, 0.1) is 18.8 Å². The highest BCUT2D eigenvalue weighted by Crippen LogP contribution is 2.37. The van der Waals surface area contributed by atoms with E-state index in [2.05, 4.69) is 25.6 Å². The van der Waals surface area contributed by atoms with Crippen LogP contribution in [0.3, 0.4) is 0 Å². The van der Waals surface area contributed by atoms with E-state index in [1.165, 1.54) is 6.20 Å². The second-order valence-electron chi connectivity index (χ2n) is 9.12. The minimum atomic E-state index is -1.21. The standard InChI is InChI=1S/C23H25ClF3N7O2/c24-12-7-14(25)19(15(26)8-12)32-23-31-18-9-29-22(30-17-5-6-36-10-16(17)27)33-21(18)34(23)13-3-1-11(2-4-13)20(28)35/h7-9,11,13,16-17H,1-6,10H2,(H2,28,35)(H,31,32)(H,29,30,33)/t11-,13-,16-,17-/m1/s1. The highest BCUT2D eigenvalue weighted by Gasteiger charge is 2.30. The van der Waals surface area contributed by atoms with Crippen LogP contribution in [-0.2, 0) is 9.53 Å². The molecule has 0 bridgehead atoms. The Bertz CT molecular complexity index is 1260. The van der Waals surface area contributed by atoms with E-state index in [4.69, 9.17) is 22.1 Å². The predicted molar refractivity (Wildman–Crippen MR) is 128 cm³/mol. The molecule has 0 spiro atoms. The van der Waals surface area contributed by atoms with E-state index in [0.717, 1.165) is 12.1 Å². The molecule has 192 valence electrons. The zero-order valence-corrected chi connectivity index (χ0v) is 19.9. The number of nitrogens with two attached hydrogens (primary N) is 1. The van der Waals surface area contributed by atoms with E-state index < -0.39 is 29.5 Å². The van der Waals surface area contributed by atoms with Crippen molar-refractivity contribution in [3.8, 4) is 0 Å². The Morgan fingerprint density at radius 2 is 1.86 bits per heavy atom. The lowest BCUT2D eigenvalue weighted by atomic mass is 9.85. The summed E-state index contributed by atoms with van der Waals surface area (Å²) in [6, 6.07) is 1.32. The van der Waals surface area contributed by atoms with Gasteiger partial charge in [-0.15, -0.1) is 0 Å². The van der Waals surface area contributed by atoms with Crippen LogP contribution in [0.2, 0.25) is 5.02 Å². The third-order valence-corrected chi connectivity index (χ3v) is 6.96. The van der Waals surface area contributed by atoms with Gasteiger partial charge in [0.15, 0.2) is 17.3 Å². The quantitative estimate of drug-likeness (QED) is 0.441. The molecule has 3 aromatic rings. The maximum atomic E-state index is 14.6. The topological polar surface area (TPSA) is 120 Å². The summed E-state index contributed by atoms with van der Waals surface area (Å²) in [4.78, 5) is 25.0. The molecule has 0 radical (unpaired) electrons. The Hall–Kier alpha value is -3.12. The molecule has 9 nitrogen and oxygen atoms in total. The fourth-order valence-corrected chi connectivity index (χ4v) is 5.01. The number of rotatable bonds is 6. The molecule has 36 heavy (non-hydrogen) atoms. The predicted octanol–water partition coefficient (Wildman–Crippen LogP) is 4.26. The Morgan fingerprint density at radius 1 is 1.14 bits per heavy atom. The lowest BCUT2D eigenvalue weighted by Crippen LogP contribution is -2.39. The molecule has 2 fully saturated rings. The number of halogens is 4. The van der Waals surface area contributed by atoms with Crippen LogP contribution in [0.5, 0.6) is 0 Å². The van der Waals surface area contributed by atoms with Crippen LogP contribution in [0.1, 0.15) is 38.1 Å². The number of primary amides is 1. The molecule has 2 atom stereocenters. The average molecular weight is 524 g/mol. The van der Waals surface area contributed by atoms with E-state index >= 15 is 0 Å². The summed E-state index contributed by atoms with van der Waals surface area (Å²) in [5.74, 6) is -1.97. The number of anilines is 3. The van der Waals surface area contributed by atoms with Gasteiger partial charge in [0.25, 0.3) is 0 Å². The highest BCUT2D eigenvalue weighted by molar-refractivity contribution is 6.30. The molecular formula is C23H25ClF3N7O2. The number of nitrogens with one attached hydrogen (secondary N) is 2. The fourth-order valence-electron chi connectivity index (χ4n) is 4.82. The highest BCUT2D eigenvalue weighted by atomic mass is 35.5. The van der Waals surface area contributed by atoms with Crippen molar-refractivity contribution < 1.29 is 22.7 Å². The molecular weight excluding hydrogens is 499 g/mol. The van der Waals surface area contributed by atoms with Crippen molar-refractivity contribution >= 4 is 46.3 Å². The van der Waals surface area contributed by atoms with Crippen LogP contribution < -0.4 is 16.4 Å². The van der Waals surface area contributed by atoms with E-state index in [9.17, 15) is 18.0 Å². The number of alkyl halides is 1. The van der Waals surface area contributed by atoms with Gasteiger partial charge >= 0.3 is 0 Å². The maximum Gasteiger partial charge on any atom is 0.225 e. The van der Waals surface area contributed by atoms with Gasteiger partial charge in [0, 0.05) is 23.6 Å². The number of fused-ring (bicyclic) bond motifs is 1. The maximum absolute atomic E-state index is 14.6. The number of benzene rings is 1. The zero-order chi connectivity index (χ0) is 25.4. The van der Waals surface area contributed by atoms with Crippen molar-refractivity contribution in [2.45, 2.75) is 50.4 Å². The van der Waals surface area contributed by atoms with E-state index in [-0.39, 0.29) is 41.4 Å². The second kappa shape index (κ2) is 10.1. The molecule has 1 aliphatic carbocycles. The van der Waals surface area contributed by atoms with E-state index in [1.807, 2.05) is 0 Å². The summed E-state index contributed by atoms with van der Waals surface area (Å²) in [6.45, 7) is 0.418. The second-order valence-corrected chi connectivity index (χ2v) is 9.55. The summed E-state index contributed by atoms with van der Waals surface area (Å²) in [5, 5.41) is 5.70. The van der Waals surface area contributed by atoms with Gasteiger partial charge in [0.1, 0.15) is 17.4 Å². The van der Waals surface area contributed by atoms with Crippen LogP contribution in [0.4, 0.5) is 30.8 Å². The molecule has 13 heteroatoms. The summed E-state index contributed by atoms with van der Waals surface area (Å²) in [6.07, 6.45) is 3.01. The first-order chi connectivity index (χ1) is 17.3. The number of hydrogen-bond donors (Lipinski definition) is 3. The molecule has 1 amide bonds. The molecule has 1 saturated carbocycles. The van der Waals surface area contributed by atoms with Gasteiger partial charge in [-0.1, -0.05) is 11.6 Å². The molecule has 1 aromatic carbocycles. The molecule has 2 aromatic heterocycles. The first kappa shape index (κ1) is 24.6. The molecule has 3 heterocycles. The van der Waals surface area contributed by atoms with Gasteiger partial charge in [-0.2, -0.15) is 4.98 Å². The monoisotopic (exact) mass is 523 g/mol. The van der Waals surface area contributed by atoms with E-state index in [0.29, 0.717) is 49.9 Å². The molecule has 1 saturated heterocycles. The van der Waals surface area contributed by atoms with Crippen LogP contribution in [0.25, 0.3) is 11.2 Å². The summed E-state index contributed by atoms with van der Waals surface area (Å²) < 4.78 is 50.3. The lowest BCUT2D eigenvalue weighted by Gasteiger charge is -2.29. The van der Waals surface area contributed by atoms with Gasteiger partial charge in [-0.25, -0.2) is 23.1 Å². The van der Waals surface area contributed by atoms with Crippen LogP contribution in [-0.4, -0.2) is 50.9 Å². The Kier molecular flexibility index (Phi) is 6.89.